The van der Waals surface area contributed by atoms with Crippen LogP contribution in [-0.4, -0.2) is 30.5 Å². The number of piperazine rings is 1. The molecule has 0 aromatic heterocycles. The van der Waals surface area contributed by atoms with E-state index in [0.717, 1.165) is 32.7 Å². The zero-order valence-corrected chi connectivity index (χ0v) is 11.5. The smallest absolute Gasteiger partial charge is 0.130 e. The molecule has 0 aliphatic carbocycles. The van der Waals surface area contributed by atoms with Gasteiger partial charge in [-0.05, 0) is 5.56 Å². The number of thiol groups is 1. The lowest BCUT2D eigenvalue weighted by atomic mass is 10.2. The van der Waals surface area contributed by atoms with Gasteiger partial charge in [-0.1, -0.05) is 42.5 Å². The van der Waals surface area contributed by atoms with Gasteiger partial charge in [0.15, 0.2) is 0 Å². The van der Waals surface area contributed by atoms with Crippen molar-refractivity contribution in [2.45, 2.75) is 6.54 Å². The molecule has 1 aliphatic rings. The van der Waals surface area contributed by atoms with Crippen LogP contribution in [-0.2, 0) is 6.54 Å². The Morgan fingerprint density at radius 1 is 1.12 bits per heavy atom. The van der Waals surface area contributed by atoms with Crippen molar-refractivity contribution in [3.05, 3.63) is 35.9 Å². The zero-order chi connectivity index (χ0) is 12.3. The Kier molecular flexibility index (Phi) is 8.00. The highest BCUT2D eigenvalue weighted by atomic mass is 32.1. The molecule has 0 radical (unpaired) electrons. The van der Waals surface area contributed by atoms with Crippen molar-refractivity contribution in [2.75, 3.05) is 26.2 Å². The summed E-state index contributed by atoms with van der Waals surface area (Å²) in [5.74, 6) is 0. The highest BCUT2D eigenvalue weighted by Gasteiger charge is 1.91. The molecule has 0 spiro atoms. The highest BCUT2D eigenvalue weighted by molar-refractivity contribution is 8.11. The van der Waals surface area contributed by atoms with Crippen LogP contribution >= 0.6 is 24.8 Å². The van der Waals surface area contributed by atoms with Crippen LogP contribution < -0.4 is 16.0 Å². The molecule has 1 saturated heterocycles. The summed E-state index contributed by atoms with van der Waals surface area (Å²) in [7, 11) is 0. The maximum atomic E-state index is 4.75. The van der Waals surface area contributed by atoms with Crippen molar-refractivity contribution < 1.29 is 0 Å². The molecule has 0 saturated carbocycles. The third kappa shape index (κ3) is 8.15. The van der Waals surface area contributed by atoms with Gasteiger partial charge < -0.3 is 16.0 Å². The molecule has 1 aliphatic heterocycles. The van der Waals surface area contributed by atoms with E-state index in [-0.39, 0.29) is 0 Å². The lowest BCUT2D eigenvalue weighted by Gasteiger charge is -2.11. The first-order valence-electron chi connectivity index (χ1n) is 5.71. The Morgan fingerprint density at radius 3 is 2.06 bits per heavy atom. The molecule has 17 heavy (non-hydrogen) atoms. The molecule has 3 N–H and O–H groups in total. The Hall–Kier alpha value is -0.620. The second kappa shape index (κ2) is 9.41. The number of thiocarbonyl (C=S) groups is 1. The van der Waals surface area contributed by atoms with Crippen LogP contribution in [0.4, 0.5) is 0 Å². The Labute approximate surface area is 114 Å². The summed E-state index contributed by atoms with van der Waals surface area (Å²) < 4.78 is 0.536. The third-order valence-electron chi connectivity index (χ3n) is 2.24. The van der Waals surface area contributed by atoms with E-state index in [1.54, 1.807) is 0 Å². The quantitative estimate of drug-likeness (QED) is 0.480. The second-order valence-corrected chi connectivity index (χ2v) is 4.80. The van der Waals surface area contributed by atoms with Crippen molar-refractivity contribution in [3.63, 3.8) is 0 Å². The predicted octanol–water partition coefficient (Wildman–Crippen LogP) is 1.17. The number of hydrogen-bond acceptors (Lipinski definition) is 3. The number of hydrogen-bond donors (Lipinski definition) is 4. The minimum absolute atomic E-state index is 0.536. The van der Waals surface area contributed by atoms with Gasteiger partial charge in [0.05, 0.1) is 0 Å². The van der Waals surface area contributed by atoms with Gasteiger partial charge in [0.2, 0.25) is 0 Å². The average Bonchev–Trinajstić information content (AvgIpc) is 2.40. The molecule has 3 nitrogen and oxygen atoms in total. The van der Waals surface area contributed by atoms with Gasteiger partial charge in [-0.3, -0.25) is 0 Å². The van der Waals surface area contributed by atoms with E-state index < -0.39 is 0 Å². The van der Waals surface area contributed by atoms with Crippen molar-refractivity contribution in [1.82, 2.24) is 16.0 Å². The summed E-state index contributed by atoms with van der Waals surface area (Å²) in [5.41, 5.74) is 1.21. The fraction of sp³-hybridized carbons (Fsp3) is 0.417. The lowest BCUT2D eigenvalue weighted by Crippen LogP contribution is -2.39. The van der Waals surface area contributed by atoms with E-state index >= 15 is 0 Å². The van der Waals surface area contributed by atoms with Crippen LogP contribution in [0.2, 0.25) is 0 Å². The highest BCUT2D eigenvalue weighted by Crippen LogP contribution is 1.97. The first-order chi connectivity index (χ1) is 8.29. The van der Waals surface area contributed by atoms with Gasteiger partial charge in [0.25, 0.3) is 0 Å². The van der Waals surface area contributed by atoms with Crippen LogP contribution in [0.5, 0.6) is 0 Å². The SMILES string of the molecule is C1CNCCN1.S=C(S)NCc1ccccc1. The number of nitrogens with one attached hydrogen (secondary N) is 3. The van der Waals surface area contributed by atoms with E-state index in [1.165, 1.54) is 5.56 Å². The summed E-state index contributed by atoms with van der Waals surface area (Å²) in [6, 6.07) is 10.1. The maximum Gasteiger partial charge on any atom is 0.130 e. The first-order valence-corrected chi connectivity index (χ1v) is 6.57. The molecule has 1 heterocycles. The fourth-order valence-electron chi connectivity index (χ4n) is 1.38. The molecule has 0 amide bonds. The van der Waals surface area contributed by atoms with Crippen LogP contribution in [0.3, 0.4) is 0 Å². The van der Waals surface area contributed by atoms with Crippen molar-refractivity contribution in [3.8, 4) is 0 Å². The molecular weight excluding hydrogens is 250 g/mol. The van der Waals surface area contributed by atoms with Gasteiger partial charge in [-0.2, -0.15) is 0 Å². The van der Waals surface area contributed by atoms with E-state index in [4.69, 9.17) is 12.2 Å². The third-order valence-corrected chi connectivity index (χ3v) is 2.55. The molecule has 0 atom stereocenters. The summed E-state index contributed by atoms with van der Waals surface area (Å²) in [6.45, 7) is 5.31. The van der Waals surface area contributed by atoms with Crippen LogP contribution in [0.1, 0.15) is 5.56 Å². The molecule has 94 valence electrons. The van der Waals surface area contributed by atoms with E-state index in [0.29, 0.717) is 4.32 Å². The van der Waals surface area contributed by atoms with Gasteiger partial charge in [0.1, 0.15) is 4.32 Å². The number of benzene rings is 1. The standard InChI is InChI=1S/C8H9NS2.C4H10N2/c10-8(11)9-6-7-4-2-1-3-5-7;1-2-6-4-3-5-1/h1-5H,6H2,(H2,9,10,11);5-6H,1-4H2. The fourth-order valence-corrected chi connectivity index (χ4v) is 1.53. The summed E-state index contributed by atoms with van der Waals surface area (Å²) in [6.07, 6.45) is 0. The average molecular weight is 269 g/mol. The van der Waals surface area contributed by atoms with Gasteiger partial charge in [-0.25, -0.2) is 0 Å². The van der Waals surface area contributed by atoms with Crippen molar-refractivity contribution >= 4 is 29.2 Å². The van der Waals surface area contributed by atoms with Gasteiger partial charge in [0, 0.05) is 32.7 Å². The molecule has 2 rings (SSSR count). The Balaban J connectivity index is 0.000000202. The Morgan fingerprint density at radius 2 is 1.65 bits per heavy atom. The monoisotopic (exact) mass is 269 g/mol. The van der Waals surface area contributed by atoms with Crippen LogP contribution in [0, 0.1) is 0 Å². The molecule has 1 fully saturated rings. The molecule has 1 aromatic carbocycles. The normalized spacial score (nSPS) is 14.4. The summed E-state index contributed by atoms with van der Waals surface area (Å²) >= 11 is 8.70. The first kappa shape index (κ1) is 14.4. The second-order valence-electron chi connectivity index (χ2n) is 3.64. The van der Waals surface area contributed by atoms with E-state index in [9.17, 15) is 0 Å². The zero-order valence-electron chi connectivity index (χ0n) is 9.78. The number of rotatable bonds is 2. The molecular formula is C12H19N3S2. The topological polar surface area (TPSA) is 36.1 Å². The molecule has 1 aromatic rings. The maximum absolute atomic E-state index is 4.75. The van der Waals surface area contributed by atoms with E-state index in [1.807, 2.05) is 30.3 Å². The van der Waals surface area contributed by atoms with Crippen LogP contribution in [0.25, 0.3) is 0 Å². The Bertz CT molecular complexity index is 301. The lowest BCUT2D eigenvalue weighted by molar-refractivity contribution is 0.534. The summed E-state index contributed by atoms with van der Waals surface area (Å²) in [4.78, 5) is 0. The predicted molar refractivity (Wildman–Crippen MR) is 80.6 cm³/mol. The molecule has 5 heteroatoms. The van der Waals surface area contributed by atoms with Gasteiger partial charge >= 0.3 is 0 Å². The molecule has 0 unspecified atom stereocenters. The molecule has 0 bridgehead atoms. The summed E-state index contributed by atoms with van der Waals surface area (Å²) in [5, 5.41) is 9.40. The van der Waals surface area contributed by atoms with E-state index in [2.05, 4.69) is 28.6 Å². The van der Waals surface area contributed by atoms with Gasteiger partial charge in [-0.15, -0.1) is 12.6 Å². The largest absolute Gasteiger partial charge is 0.367 e. The minimum atomic E-state index is 0.536. The van der Waals surface area contributed by atoms with Crippen LogP contribution in [0.15, 0.2) is 30.3 Å². The van der Waals surface area contributed by atoms with Crippen molar-refractivity contribution in [2.24, 2.45) is 0 Å². The minimum Gasteiger partial charge on any atom is -0.367 e. The van der Waals surface area contributed by atoms with Crippen molar-refractivity contribution in [1.29, 1.82) is 0 Å².